The van der Waals surface area contributed by atoms with Crippen LogP contribution in [-0.4, -0.2) is 51.2 Å². The minimum Gasteiger partial charge on any atom is -0.356 e. The van der Waals surface area contributed by atoms with Crippen molar-refractivity contribution in [1.29, 1.82) is 0 Å². The molecular weight excluding hydrogens is 376 g/mol. The first-order valence-corrected chi connectivity index (χ1v) is 10.9. The Morgan fingerprint density at radius 1 is 1.13 bits per heavy atom. The molecule has 7 nitrogen and oxygen atoms in total. The van der Waals surface area contributed by atoms with Gasteiger partial charge in [-0.25, -0.2) is 9.97 Å². The van der Waals surface area contributed by atoms with Gasteiger partial charge in [0, 0.05) is 56.8 Å². The monoisotopic (exact) mass is 404 g/mol. The molecule has 30 heavy (non-hydrogen) atoms. The summed E-state index contributed by atoms with van der Waals surface area (Å²) in [6.07, 6.45) is 10.4. The molecule has 2 aliphatic rings. The van der Waals surface area contributed by atoms with Crippen molar-refractivity contribution in [3.05, 3.63) is 53.7 Å². The molecule has 0 unspecified atom stereocenters. The second-order valence-electron chi connectivity index (χ2n) is 8.43. The third-order valence-electron chi connectivity index (χ3n) is 6.11. The molecule has 0 N–H and O–H groups in total. The van der Waals surface area contributed by atoms with Crippen molar-refractivity contribution < 1.29 is 4.52 Å². The lowest BCUT2D eigenvalue weighted by atomic mass is 9.91. The van der Waals surface area contributed by atoms with E-state index in [-0.39, 0.29) is 0 Å². The zero-order valence-electron chi connectivity index (χ0n) is 17.5. The molecule has 2 aliphatic heterocycles. The Balaban J connectivity index is 1.45. The Labute approximate surface area is 177 Å². The van der Waals surface area contributed by atoms with Gasteiger partial charge in [-0.1, -0.05) is 11.2 Å². The van der Waals surface area contributed by atoms with E-state index in [0.717, 1.165) is 74.2 Å². The van der Waals surface area contributed by atoms with Crippen LogP contribution in [0.4, 0.5) is 5.95 Å². The van der Waals surface area contributed by atoms with Gasteiger partial charge in [-0.3, -0.25) is 9.88 Å². The van der Waals surface area contributed by atoms with Gasteiger partial charge < -0.3 is 9.42 Å². The zero-order valence-corrected chi connectivity index (χ0v) is 17.5. The lowest BCUT2D eigenvalue weighted by molar-refractivity contribution is 0.198. The summed E-state index contributed by atoms with van der Waals surface area (Å²) in [5.74, 6) is 1.96. The van der Waals surface area contributed by atoms with E-state index in [1.807, 2.05) is 37.6 Å². The lowest BCUT2D eigenvalue weighted by Crippen LogP contribution is -2.34. The topological polar surface area (TPSA) is 71.2 Å². The Hall–Kier alpha value is -2.80. The number of pyridine rings is 1. The molecule has 0 bridgehead atoms. The molecule has 0 amide bonds. The van der Waals surface area contributed by atoms with Crippen LogP contribution >= 0.6 is 0 Å². The molecule has 7 heteroatoms. The van der Waals surface area contributed by atoms with E-state index in [9.17, 15) is 0 Å². The third-order valence-corrected chi connectivity index (χ3v) is 6.11. The molecular formula is C23H28N6O. The highest BCUT2D eigenvalue weighted by Gasteiger charge is 2.28. The highest BCUT2D eigenvalue weighted by molar-refractivity contribution is 5.61. The predicted molar refractivity (Wildman–Crippen MR) is 115 cm³/mol. The number of nitrogens with zero attached hydrogens (tertiary/aromatic N) is 6. The number of aromatic nitrogens is 4. The number of hydrogen-bond acceptors (Lipinski definition) is 7. The van der Waals surface area contributed by atoms with Crippen LogP contribution in [-0.2, 0) is 6.54 Å². The molecule has 3 aromatic heterocycles. The van der Waals surface area contributed by atoms with Gasteiger partial charge in [-0.2, -0.15) is 0 Å². The van der Waals surface area contributed by atoms with Crippen LogP contribution < -0.4 is 4.90 Å². The second-order valence-corrected chi connectivity index (χ2v) is 8.43. The van der Waals surface area contributed by atoms with Crippen molar-refractivity contribution in [3.63, 3.8) is 0 Å². The average molecular weight is 405 g/mol. The summed E-state index contributed by atoms with van der Waals surface area (Å²) >= 11 is 0. The molecule has 3 aromatic rings. The van der Waals surface area contributed by atoms with Crippen molar-refractivity contribution in [3.8, 4) is 11.3 Å². The van der Waals surface area contributed by atoms with Crippen molar-refractivity contribution in [2.24, 2.45) is 0 Å². The minimum atomic E-state index is 0.347. The first-order valence-electron chi connectivity index (χ1n) is 10.9. The van der Waals surface area contributed by atoms with E-state index in [0.29, 0.717) is 5.92 Å². The summed E-state index contributed by atoms with van der Waals surface area (Å²) in [6.45, 7) is 7.03. The first-order chi connectivity index (χ1) is 14.8. The molecule has 5 rings (SSSR count). The molecule has 0 radical (unpaired) electrons. The van der Waals surface area contributed by atoms with Gasteiger partial charge >= 0.3 is 0 Å². The quantitative estimate of drug-likeness (QED) is 0.640. The smallest absolute Gasteiger partial charge is 0.225 e. The normalized spacial score (nSPS) is 20.0. The summed E-state index contributed by atoms with van der Waals surface area (Å²) in [4.78, 5) is 18.9. The summed E-state index contributed by atoms with van der Waals surface area (Å²) in [7, 11) is 0. The Morgan fingerprint density at radius 2 is 2.03 bits per heavy atom. The molecule has 0 aromatic carbocycles. The van der Waals surface area contributed by atoms with Crippen LogP contribution in [0.15, 0.2) is 41.3 Å². The first kappa shape index (κ1) is 19.2. The molecule has 5 heterocycles. The van der Waals surface area contributed by atoms with Crippen LogP contribution in [0.5, 0.6) is 0 Å². The molecule has 2 fully saturated rings. The van der Waals surface area contributed by atoms with Gasteiger partial charge in [0.05, 0.1) is 17.0 Å². The van der Waals surface area contributed by atoms with E-state index < -0.39 is 0 Å². The van der Waals surface area contributed by atoms with Gasteiger partial charge in [0.25, 0.3) is 0 Å². The van der Waals surface area contributed by atoms with Crippen molar-refractivity contribution >= 4 is 5.95 Å². The van der Waals surface area contributed by atoms with Crippen LogP contribution in [0.3, 0.4) is 0 Å². The van der Waals surface area contributed by atoms with Crippen molar-refractivity contribution in [2.45, 2.75) is 45.1 Å². The molecule has 0 spiro atoms. The molecule has 156 valence electrons. The summed E-state index contributed by atoms with van der Waals surface area (Å²) < 4.78 is 5.60. The zero-order chi connectivity index (χ0) is 20.3. The molecule has 1 atom stereocenters. The van der Waals surface area contributed by atoms with E-state index in [4.69, 9.17) is 14.5 Å². The van der Waals surface area contributed by atoms with E-state index >= 15 is 0 Å². The van der Waals surface area contributed by atoms with Crippen LogP contribution in [0, 0.1) is 6.92 Å². The largest absolute Gasteiger partial charge is 0.356 e. The van der Waals surface area contributed by atoms with Gasteiger partial charge in [-0.15, -0.1) is 0 Å². The van der Waals surface area contributed by atoms with Gasteiger partial charge in [0.2, 0.25) is 5.95 Å². The standard InChI is InChI=1S/C23H28N6O/c1-17-12-21(30-27-17)20-14-25-23(29-10-2-3-11-29)26-22(20)19-7-5-9-28(16-19)15-18-6-4-8-24-13-18/h4,6,8,12-14,19H,2-3,5,7,9-11,15-16H2,1H3/t19-/m0/s1. The Bertz CT molecular complexity index is 982. The fraction of sp³-hybridized carbons (Fsp3) is 0.478. The van der Waals surface area contributed by atoms with E-state index in [2.05, 4.69) is 26.0 Å². The summed E-state index contributed by atoms with van der Waals surface area (Å²) in [5.41, 5.74) is 4.21. The maximum absolute atomic E-state index is 5.60. The SMILES string of the molecule is Cc1cc(-c2cnc(N3CCCC3)nc2[C@H]2CCCN(Cc3cccnc3)C2)on1. The fourth-order valence-electron chi connectivity index (χ4n) is 4.62. The van der Waals surface area contributed by atoms with Crippen LogP contribution in [0.1, 0.15) is 48.6 Å². The number of anilines is 1. The maximum atomic E-state index is 5.60. The number of aryl methyl sites for hydroxylation is 1. The van der Waals surface area contributed by atoms with E-state index in [1.165, 1.54) is 18.4 Å². The Morgan fingerprint density at radius 3 is 2.80 bits per heavy atom. The average Bonchev–Trinajstić information content (AvgIpc) is 3.46. The van der Waals surface area contributed by atoms with Gasteiger partial charge in [-0.05, 0) is 50.8 Å². The summed E-state index contributed by atoms with van der Waals surface area (Å²) in [5, 5.41) is 4.09. The fourth-order valence-corrected chi connectivity index (χ4v) is 4.62. The number of likely N-dealkylation sites (tertiary alicyclic amines) is 1. The summed E-state index contributed by atoms with van der Waals surface area (Å²) in [6, 6.07) is 6.14. The van der Waals surface area contributed by atoms with Crippen LogP contribution in [0.25, 0.3) is 11.3 Å². The van der Waals surface area contributed by atoms with Crippen molar-refractivity contribution in [1.82, 2.24) is 25.0 Å². The lowest BCUT2D eigenvalue weighted by Gasteiger charge is -2.33. The third kappa shape index (κ3) is 4.07. The molecule has 0 aliphatic carbocycles. The van der Waals surface area contributed by atoms with Crippen molar-refractivity contribution in [2.75, 3.05) is 31.1 Å². The Kier molecular flexibility index (Phi) is 5.45. The number of hydrogen-bond donors (Lipinski definition) is 0. The minimum absolute atomic E-state index is 0.347. The molecule has 0 saturated carbocycles. The maximum Gasteiger partial charge on any atom is 0.225 e. The number of rotatable bonds is 5. The highest BCUT2D eigenvalue weighted by Crippen LogP contribution is 2.35. The van der Waals surface area contributed by atoms with Gasteiger partial charge in [0.15, 0.2) is 5.76 Å². The molecule has 2 saturated heterocycles. The predicted octanol–water partition coefficient (Wildman–Crippen LogP) is 3.81. The number of piperidine rings is 1. The second kappa shape index (κ2) is 8.52. The van der Waals surface area contributed by atoms with Crippen LogP contribution in [0.2, 0.25) is 0 Å². The van der Waals surface area contributed by atoms with E-state index in [1.54, 1.807) is 0 Å². The highest BCUT2D eigenvalue weighted by atomic mass is 16.5. The van der Waals surface area contributed by atoms with Gasteiger partial charge in [0.1, 0.15) is 0 Å².